The number of anilines is 1. The van der Waals surface area contributed by atoms with E-state index in [0.29, 0.717) is 5.69 Å². The number of hydrogen-bond donors (Lipinski definition) is 0. The Hall–Kier alpha value is -1.66. The minimum atomic E-state index is 0.634. The summed E-state index contributed by atoms with van der Waals surface area (Å²) in [5, 5.41) is 4.00. The van der Waals surface area contributed by atoms with E-state index in [1.54, 1.807) is 22.7 Å². The highest BCUT2D eigenvalue weighted by molar-refractivity contribution is 7.15. The zero-order valence-corrected chi connectivity index (χ0v) is 12.1. The molecule has 0 N–H and O–H groups in total. The number of aldehydes is 1. The number of thiophene rings is 1. The quantitative estimate of drug-likeness (QED) is 0.677. The smallest absolute Gasteiger partial charge is 0.196 e. The molecule has 3 aromatic rings. The molecule has 0 aliphatic rings. The zero-order chi connectivity index (χ0) is 13.2. The SMILES string of the molecule is CCN(Cc1cccs1)c1nc2sccn2c1C=O. The molecule has 0 radical (unpaired) electrons. The lowest BCUT2D eigenvalue weighted by atomic mass is 10.3. The van der Waals surface area contributed by atoms with Gasteiger partial charge in [-0.25, -0.2) is 4.98 Å². The van der Waals surface area contributed by atoms with Gasteiger partial charge in [0.25, 0.3) is 0 Å². The molecule has 0 saturated heterocycles. The summed E-state index contributed by atoms with van der Waals surface area (Å²) in [6.45, 7) is 3.69. The second-order valence-electron chi connectivity index (χ2n) is 4.09. The Morgan fingerprint density at radius 1 is 1.42 bits per heavy atom. The molecule has 0 saturated carbocycles. The predicted molar refractivity (Wildman–Crippen MR) is 79.5 cm³/mol. The molecule has 0 unspecified atom stereocenters. The normalized spacial score (nSPS) is 11.0. The standard InChI is InChI=1S/C13H13N3OS2/c1-2-15(8-10-4-3-6-18-10)12-11(9-17)16-5-7-19-13(16)14-12/h3-7,9H,2,8H2,1H3. The third-order valence-electron chi connectivity index (χ3n) is 3.00. The summed E-state index contributed by atoms with van der Waals surface area (Å²) in [6.07, 6.45) is 2.78. The van der Waals surface area contributed by atoms with Crippen LogP contribution in [-0.2, 0) is 6.54 Å². The highest BCUT2D eigenvalue weighted by atomic mass is 32.1. The lowest BCUT2D eigenvalue weighted by Crippen LogP contribution is -2.23. The van der Waals surface area contributed by atoms with Crippen molar-refractivity contribution in [3.8, 4) is 0 Å². The molecular formula is C13H13N3OS2. The van der Waals surface area contributed by atoms with Crippen molar-refractivity contribution in [3.05, 3.63) is 39.7 Å². The molecule has 0 fully saturated rings. The van der Waals surface area contributed by atoms with Gasteiger partial charge in [0.1, 0.15) is 5.69 Å². The number of imidazole rings is 1. The highest BCUT2D eigenvalue weighted by Crippen LogP contribution is 2.25. The van der Waals surface area contributed by atoms with Crippen LogP contribution < -0.4 is 4.90 Å². The Morgan fingerprint density at radius 3 is 3.00 bits per heavy atom. The highest BCUT2D eigenvalue weighted by Gasteiger charge is 2.18. The van der Waals surface area contributed by atoms with E-state index in [9.17, 15) is 4.79 Å². The predicted octanol–water partition coefficient (Wildman–Crippen LogP) is 3.30. The Morgan fingerprint density at radius 2 is 2.32 bits per heavy atom. The monoisotopic (exact) mass is 291 g/mol. The number of fused-ring (bicyclic) bond motifs is 1. The van der Waals surface area contributed by atoms with Crippen LogP contribution in [0.5, 0.6) is 0 Å². The molecule has 6 heteroatoms. The minimum Gasteiger partial charge on any atom is -0.350 e. The number of nitrogens with zero attached hydrogens (tertiary/aromatic N) is 3. The van der Waals surface area contributed by atoms with Crippen molar-refractivity contribution < 1.29 is 4.79 Å². The largest absolute Gasteiger partial charge is 0.350 e. The molecule has 3 heterocycles. The fourth-order valence-corrected chi connectivity index (χ4v) is 3.50. The van der Waals surface area contributed by atoms with Gasteiger partial charge in [-0.3, -0.25) is 9.20 Å². The van der Waals surface area contributed by atoms with Crippen molar-refractivity contribution in [2.75, 3.05) is 11.4 Å². The van der Waals surface area contributed by atoms with Crippen LogP contribution >= 0.6 is 22.7 Å². The second-order valence-corrected chi connectivity index (χ2v) is 5.99. The van der Waals surface area contributed by atoms with Gasteiger partial charge in [0.2, 0.25) is 0 Å². The summed E-state index contributed by atoms with van der Waals surface area (Å²) in [7, 11) is 0. The lowest BCUT2D eigenvalue weighted by Gasteiger charge is -2.20. The first-order valence-electron chi connectivity index (χ1n) is 6.01. The van der Waals surface area contributed by atoms with Gasteiger partial charge >= 0.3 is 0 Å². The van der Waals surface area contributed by atoms with E-state index < -0.39 is 0 Å². The van der Waals surface area contributed by atoms with Gasteiger partial charge in [0, 0.05) is 23.0 Å². The Labute approximate surface area is 118 Å². The average molecular weight is 291 g/mol. The number of thiazole rings is 1. The minimum absolute atomic E-state index is 0.634. The Kier molecular flexibility index (Phi) is 3.35. The van der Waals surface area contributed by atoms with Crippen molar-refractivity contribution in [2.24, 2.45) is 0 Å². The van der Waals surface area contributed by atoms with E-state index in [-0.39, 0.29) is 0 Å². The van der Waals surface area contributed by atoms with E-state index >= 15 is 0 Å². The van der Waals surface area contributed by atoms with Crippen LogP contribution in [0.3, 0.4) is 0 Å². The summed E-state index contributed by atoms with van der Waals surface area (Å²) < 4.78 is 1.85. The number of aromatic nitrogens is 2. The van der Waals surface area contributed by atoms with Gasteiger partial charge in [-0.15, -0.1) is 22.7 Å². The van der Waals surface area contributed by atoms with E-state index in [4.69, 9.17) is 0 Å². The van der Waals surface area contributed by atoms with Crippen molar-refractivity contribution in [3.63, 3.8) is 0 Å². The van der Waals surface area contributed by atoms with Crippen LogP contribution in [0.1, 0.15) is 22.3 Å². The fourth-order valence-electron chi connectivity index (χ4n) is 2.06. The molecular weight excluding hydrogens is 278 g/mol. The average Bonchev–Trinajstić information content (AvgIpc) is 3.11. The van der Waals surface area contributed by atoms with Crippen molar-refractivity contribution in [1.29, 1.82) is 0 Å². The first kappa shape index (κ1) is 12.4. The van der Waals surface area contributed by atoms with Gasteiger partial charge in [-0.2, -0.15) is 0 Å². The van der Waals surface area contributed by atoms with Crippen molar-refractivity contribution >= 4 is 39.7 Å². The van der Waals surface area contributed by atoms with Crippen LogP contribution in [0.15, 0.2) is 29.1 Å². The van der Waals surface area contributed by atoms with Crippen LogP contribution in [0.4, 0.5) is 5.82 Å². The zero-order valence-electron chi connectivity index (χ0n) is 10.4. The van der Waals surface area contributed by atoms with E-state index in [1.807, 2.05) is 22.0 Å². The van der Waals surface area contributed by atoms with Gasteiger partial charge in [0.15, 0.2) is 17.1 Å². The summed E-state index contributed by atoms with van der Waals surface area (Å²) in [6, 6.07) is 4.15. The molecule has 3 rings (SSSR count). The van der Waals surface area contributed by atoms with Crippen LogP contribution in [0.25, 0.3) is 4.96 Å². The van der Waals surface area contributed by atoms with Gasteiger partial charge < -0.3 is 4.90 Å². The number of rotatable bonds is 5. The van der Waals surface area contributed by atoms with Gasteiger partial charge in [-0.05, 0) is 18.4 Å². The molecule has 19 heavy (non-hydrogen) atoms. The molecule has 0 aliphatic carbocycles. The molecule has 4 nitrogen and oxygen atoms in total. The van der Waals surface area contributed by atoms with E-state index in [0.717, 1.165) is 30.2 Å². The Bertz CT molecular complexity index is 684. The first-order chi connectivity index (χ1) is 9.33. The third-order valence-corrected chi connectivity index (χ3v) is 4.62. The van der Waals surface area contributed by atoms with Gasteiger partial charge in [-0.1, -0.05) is 6.07 Å². The lowest BCUT2D eigenvalue weighted by molar-refractivity contribution is 0.111. The first-order valence-corrected chi connectivity index (χ1v) is 7.77. The number of hydrogen-bond acceptors (Lipinski definition) is 5. The number of carbonyl (C=O) groups excluding carboxylic acids is 1. The van der Waals surface area contributed by atoms with Crippen LogP contribution in [0.2, 0.25) is 0 Å². The van der Waals surface area contributed by atoms with Crippen molar-refractivity contribution in [2.45, 2.75) is 13.5 Å². The molecule has 0 amide bonds. The van der Waals surface area contributed by atoms with Gasteiger partial charge in [0.05, 0.1) is 6.54 Å². The van der Waals surface area contributed by atoms with E-state index in [1.165, 1.54) is 4.88 Å². The topological polar surface area (TPSA) is 37.6 Å². The maximum absolute atomic E-state index is 11.3. The van der Waals surface area contributed by atoms with Crippen LogP contribution in [-0.4, -0.2) is 22.2 Å². The Balaban J connectivity index is 2.00. The van der Waals surface area contributed by atoms with Crippen LogP contribution in [0, 0.1) is 0 Å². The molecule has 0 spiro atoms. The molecule has 0 aromatic carbocycles. The third kappa shape index (κ3) is 2.17. The summed E-state index contributed by atoms with van der Waals surface area (Å²) in [5.41, 5.74) is 0.634. The number of carbonyl (C=O) groups is 1. The maximum Gasteiger partial charge on any atom is 0.196 e. The maximum atomic E-state index is 11.3. The summed E-state index contributed by atoms with van der Waals surface area (Å²) >= 11 is 3.26. The molecule has 98 valence electrons. The molecule has 0 atom stereocenters. The second kappa shape index (κ2) is 5.14. The molecule has 0 bridgehead atoms. The van der Waals surface area contributed by atoms with E-state index in [2.05, 4.69) is 28.3 Å². The fraction of sp³-hybridized carbons (Fsp3) is 0.231. The summed E-state index contributed by atoms with van der Waals surface area (Å²) in [5.74, 6) is 0.776. The molecule has 0 aliphatic heterocycles. The molecule has 3 aromatic heterocycles. The van der Waals surface area contributed by atoms with Crippen molar-refractivity contribution in [1.82, 2.24) is 9.38 Å². The summed E-state index contributed by atoms with van der Waals surface area (Å²) in [4.78, 5) is 20.2.